The van der Waals surface area contributed by atoms with Crippen LogP contribution in [0.3, 0.4) is 0 Å². The van der Waals surface area contributed by atoms with Crippen molar-refractivity contribution in [1.82, 2.24) is 0 Å². The van der Waals surface area contributed by atoms with Crippen LogP contribution in [0.5, 0.6) is 11.5 Å². The van der Waals surface area contributed by atoms with E-state index in [9.17, 15) is 18.0 Å². The van der Waals surface area contributed by atoms with E-state index in [2.05, 4.69) is 5.32 Å². The number of carbonyl (C=O) groups excluding carboxylic acids is 1. The van der Waals surface area contributed by atoms with Gasteiger partial charge in [0.05, 0.1) is 22.9 Å². The maximum Gasteiger partial charge on any atom is 0.416 e. The minimum atomic E-state index is -4.52. The zero-order valence-corrected chi connectivity index (χ0v) is 13.9. The lowest BCUT2D eigenvalue weighted by Crippen LogP contribution is -2.20. The van der Waals surface area contributed by atoms with Crippen molar-refractivity contribution in [3.8, 4) is 11.5 Å². The predicted molar refractivity (Wildman–Crippen MR) is 88.2 cm³/mol. The van der Waals surface area contributed by atoms with E-state index in [4.69, 9.17) is 21.1 Å². The summed E-state index contributed by atoms with van der Waals surface area (Å²) in [6.45, 7) is 2.01. The standard InChI is InChI=1S/C17H15ClF3NO3/c1-2-24-12-4-6-13(7-5-12)25-10-16(23)22-15-9-11(17(19,20)21)3-8-14(15)18/h3-9H,2,10H2,1H3,(H,22,23). The van der Waals surface area contributed by atoms with E-state index < -0.39 is 17.6 Å². The minimum Gasteiger partial charge on any atom is -0.494 e. The van der Waals surface area contributed by atoms with Crippen LogP contribution in [0.4, 0.5) is 18.9 Å². The second-order valence-corrected chi connectivity index (χ2v) is 5.34. The maximum absolute atomic E-state index is 12.7. The quantitative estimate of drug-likeness (QED) is 0.793. The van der Waals surface area contributed by atoms with E-state index in [1.165, 1.54) is 0 Å². The molecule has 0 saturated carbocycles. The van der Waals surface area contributed by atoms with Gasteiger partial charge >= 0.3 is 6.18 Å². The molecule has 2 aromatic carbocycles. The van der Waals surface area contributed by atoms with E-state index in [0.717, 1.165) is 18.2 Å². The van der Waals surface area contributed by atoms with Crippen molar-refractivity contribution in [3.05, 3.63) is 53.1 Å². The van der Waals surface area contributed by atoms with Gasteiger partial charge in [-0.25, -0.2) is 0 Å². The Bertz CT molecular complexity index is 733. The molecule has 0 aromatic heterocycles. The summed E-state index contributed by atoms with van der Waals surface area (Å²) in [4.78, 5) is 11.9. The second-order valence-electron chi connectivity index (χ2n) is 4.93. The molecule has 8 heteroatoms. The topological polar surface area (TPSA) is 47.6 Å². The number of alkyl halides is 3. The van der Waals surface area contributed by atoms with E-state index in [1.54, 1.807) is 24.3 Å². The number of ether oxygens (including phenoxy) is 2. The molecule has 2 aromatic rings. The van der Waals surface area contributed by atoms with Crippen LogP contribution in [0.25, 0.3) is 0 Å². The molecule has 0 fully saturated rings. The fourth-order valence-electron chi connectivity index (χ4n) is 1.93. The molecule has 25 heavy (non-hydrogen) atoms. The van der Waals surface area contributed by atoms with Crippen molar-refractivity contribution in [1.29, 1.82) is 0 Å². The van der Waals surface area contributed by atoms with Gasteiger partial charge < -0.3 is 14.8 Å². The highest BCUT2D eigenvalue weighted by atomic mass is 35.5. The van der Waals surface area contributed by atoms with E-state index >= 15 is 0 Å². The summed E-state index contributed by atoms with van der Waals surface area (Å²) in [7, 11) is 0. The Morgan fingerprint density at radius 2 is 1.68 bits per heavy atom. The first-order valence-electron chi connectivity index (χ1n) is 7.32. The number of benzene rings is 2. The van der Waals surface area contributed by atoms with Gasteiger partial charge in [0.25, 0.3) is 5.91 Å². The zero-order valence-electron chi connectivity index (χ0n) is 13.2. The summed E-state index contributed by atoms with van der Waals surface area (Å²) in [5.74, 6) is 0.457. The van der Waals surface area contributed by atoms with Gasteiger partial charge in [0.2, 0.25) is 0 Å². The Balaban J connectivity index is 1.96. The molecule has 134 valence electrons. The highest BCUT2D eigenvalue weighted by molar-refractivity contribution is 6.33. The molecule has 0 radical (unpaired) electrons. The molecule has 2 rings (SSSR count). The highest BCUT2D eigenvalue weighted by Crippen LogP contribution is 2.33. The first kappa shape index (κ1) is 18.9. The van der Waals surface area contributed by atoms with Gasteiger partial charge in [-0.05, 0) is 49.4 Å². The number of hydrogen-bond donors (Lipinski definition) is 1. The van der Waals surface area contributed by atoms with Gasteiger partial charge in [0.15, 0.2) is 6.61 Å². The number of rotatable bonds is 6. The number of hydrogen-bond acceptors (Lipinski definition) is 3. The van der Waals surface area contributed by atoms with E-state index in [0.29, 0.717) is 18.1 Å². The number of nitrogens with one attached hydrogen (secondary N) is 1. The van der Waals surface area contributed by atoms with Crippen LogP contribution in [-0.4, -0.2) is 19.1 Å². The first-order valence-corrected chi connectivity index (χ1v) is 7.69. The fraction of sp³-hybridized carbons (Fsp3) is 0.235. The van der Waals surface area contributed by atoms with Crippen molar-refractivity contribution in [2.75, 3.05) is 18.5 Å². The summed E-state index contributed by atoms with van der Waals surface area (Å²) >= 11 is 5.82. The summed E-state index contributed by atoms with van der Waals surface area (Å²) < 4.78 is 48.7. The van der Waals surface area contributed by atoms with Crippen molar-refractivity contribution < 1.29 is 27.4 Å². The molecule has 0 unspecified atom stereocenters. The molecular formula is C17H15ClF3NO3. The van der Waals surface area contributed by atoms with Gasteiger partial charge in [-0.1, -0.05) is 11.6 Å². The average Bonchev–Trinajstić information content (AvgIpc) is 2.55. The van der Waals surface area contributed by atoms with Crippen LogP contribution in [0, 0.1) is 0 Å². The van der Waals surface area contributed by atoms with Crippen LogP contribution in [-0.2, 0) is 11.0 Å². The Morgan fingerprint density at radius 3 is 2.24 bits per heavy atom. The summed E-state index contributed by atoms with van der Waals surface area (Å²) in [5, 5.41) is 2.31. The SMILES string of the molecule is CCOc1ccc(OCC(=O)Nc2cc(C(F)(F)F)ccc2Cl)cc1. The lowest BCUT2D eigenvalue weighted by atomic mass is 10.2. The minimum absolute atomic E-state index is 0.00224. The highest BCUT2D eigenvalue weighted by Gasteiger charge is 2.31. The van der Waals surface area contributed by atoms with Gasteiger partial charge in [-0.2, -0.15) is 13.2 Å². The van der Waals surface area contributed by atoms with Crippen LogP contribution in [0.2, 0.25) is 5.02 Å². The van der Waals surface area contributed by atoms with Crippen molar-refractivity contribution in [2.24, 2.45) is 0 Å². The molecule has 0 bridgehead atoms. The molecule has 1 N–H and O–H groups in total. The second kappa shape index (κ2) is 8.11. The third-order valence-electron chi connectivity index (χ3n) is 3.07. The molecule has 1 amide bonds. The van der Waals surface area contributed by atoms with Crippen LogP contribution in [0.15, 0.2) is 42.5 Å². The Morgan fingerprint density at radius 1 is 1.08 bits per heavy atom. The first-order chi connectivity index (χ1) is 11.8. The maximum atomic E-state index is 12.7. The number of carbonyl (C=O) groups is 1. The third kappa shape index (κ3) is 5.56. The average molecular weight is 374 g/mol. The lowest BCUT2D eigenvalue weighted by Gasteiger charge is -2.12. The molecule has 0 spiro atoms. The summed E-state index contributed by atoms with van der Waals surface area (Å²) in [6.07, 6.45) is -4.52. The predicted octanol–water partition coefficient (Wildman–Crippen LogP) is 4.78. The van der Waals surface area contributed by atoms with Crippen molar-refractivity contribution in [2.45, 2.75) is 13.1 Å². The molecule has 0 heterocycles. The normalized spacial score (nSPS) is 11.1. The van der Waals surface area contributed by atoms with Crippen molar-refractivity contribution in [3.63, 3.8) is 0 Å². The van der Waals surface area contributed by atoms with Crippen LogP contribution in [0.1, 0.15) is 12.5 Å². The molecule has 0 aliphatic heterocycles. The Kier molecular flexibility index (Phi) is 6.14. The number of halogens is 4. The van der Waals surface area contributed by atoms with Crippen molar-refractivity contribution >= 4 is 23.2 Å². The Hall–Kier alpha value is -2.41. The van der Waals surface area contributed by atoms with Crippen LogP contribution >= 0.6 is 11.6 Å². The number of amides is 1. The monoisotopic (exact) mass is 373 g/mol. The largest absolute Gasteiger partial charge is 0.494 e. The van der Waals surface area contributed by atoms with E-state index in [-0.39, 0.29) is 17.3 Å². The Labute approximate surface area is 147 Å². The smallest absolute Gasteiger partial charge is 0.416 e. The molecule has 0 atom stereocenters. The molecule has 0 aliphatic rings. The summed E-state index contributed by atoms with van der Waals surface area (Å²) in [6, 6.07) is 9.30. The van der Waals surface area contributed by atoms with Crippen LogP contribution < -0.4 is 14.8 Å². The molecule has 0 aliphatic carbocycles. The molecule has 4 nitrogen and oxygen atoms in total. The van der Waals surface area contributed by atoms with Gasteiger partial charge in [0.1, 0.15) is 11.5 Å². The lowest BCUT2D eigenvalue weighted by molar-refractivity contribution is -0.137. The fourth-order valence-corrected chi connectivity index (χ4v) is 2.10. The molecular weight excluding hydrogens is 359 g/mol. The third-order valence-corrected chi connectivity index (χ3v) is 3.40. The summed E-state index contributed by atoms with van der Waals surface area (Å²) in [5.41, 5.74) is -1.03. The van der Waals surface area contributed by atoms with Gasteiger partial charge in [-0.3, -0.25) is 4.79 Å². The number of anilines is 1. The van der Waals surface area contributed by atoms with E-state index in [1.807, 2.05) is 6.92 Å². The molecule has 0 saturated heterocycles. The van der Waals surface area contributed by atoms with Gasteiger partial charge in [-0.15, -0.1) is 0 Å². The van der Waals surface area contributed by atoms with Gasteiger partial charge in [0, 0.05) is 0 Å². The zero-order chi connectivity index (χ0) is 18.4.